The lowest BCUT2D eigenvalue weighted by Crippen LogP contribution is -2.12. The second kappa shape index (κ2) is 19.6. The minimum absolute atomic E-state index is 0.0219. The molecule has 9 aromatic heterocycles. The number of fused-ring (bicyclic) bond motifs is 6. The predicted octanol–water partition coefficient (Wildman–Crippen LogP) is 7.29. The number of carboxylic acid groups (broad SMARTS) is 1. The van der Waals surface area contributed by atoms with E-state index >= 15 is 0 Å². The maximum absolute atomic E-state index is 12.8. The standard InChI is InChI=1S/C17H17N3O4.C17H15N3O4.C15H13N3O4/c2*1-4-23-17(22)12-6-11-13(21)10-5-9(8(2)3)7-19-15(10)24-16(11)20-14(12)18;1-6(2)7-3-8-11(19)9-4-10(15(20)21)12(16)18-14(9)22-13(8)17-5-7/h5-8H,4H2,1-3H3,(H2,18,20);5-7H,2,4H2,1,3H3,(H2,18,20);3-6H,1-2H3,(H2,16,18)(H,20,21). The summed E-state index contributed by atoms with van der Waals surface area (Å²) in [7, 11) is 0. The number of hydrogen-bond donors (Lipinski definition) is 4. The average molecular weight is 952 g/mol. The van der Waals surface area contributed by atoms with Crippen LogP contribution in [0.15, 0.2) is 89.2 Å². The first-order valence-corrected chi connectivity index (χ1v) is 21.5. The molecule has 9 rings (SSSR count). The van der Waals surface area contributed by atoms with Crippen molar-refractivity contribution in [3.05, 3.63) is 126 Å². The van der Waals surface area contributed by atoms with Crippen molar-refractivity contribution in [3.8, 4) is 0 Å². The zero-order valence-electron chi connectivity index (χ0n) is 38.8. The molecular weight excluding hydrogens is 907 g/mol. The number of pyridine rings is 6. The number of aromatic nitrogens is 6. The van der Waals surface area contributed by atoms with Crippen LogP contribution in [0.25, 0.3) is 72.2 Å². The van der Waals surface area contributed by atoms with Crippen molar-refractivity contribution in [2.75, 3.05) is 30.4 Å². The first-order valence-electron chi connectivity index (χ1n) is 21.5. The minimum atomic E-state index is -1.25. The van der Waals surface area contributed by atoms with Crippen LogP contribution in [0.5, 0.6) is 0 Å². The lowest BCUT2D eigenvalue weighted by Gasteiger charge is -2.08. The van der Waals surface area contributed by atoms with Crippen molar-refractivity contribution >= 4 is 108 Å². The smallest absolute Gasteiger partial charge is 0.341 e. The van der Waals surface area contributed by atoms with Gasteiger partial charge in [0.15, 0.2) is 0 Å². The number of nitrogens with zero attached hydrogens (tertiary/aromatic N) is 6. The van der Waals surface area contributed by atoms with E-state index in [9.17, 15) is 28.8 Å². The average Bonchev–Trinajstić information content (AvgIpc) is 3.31. The summed E-state index contributed by atoms with van der Waals surface area (Å²) >= 11 is 0. The highest BCUT2D eigenvalue weighted by molar-refractivity contribution is 6.01. The van der Waals surface area contributed by atoms with Crippen molar-refractivity contribution < 1.29 is 42.2 Å². The van der Waals surface area contributed by atoms with E-state index in [1.165, 1.54) is 18.2 Å². The van der Waals surface area contributed by atoms with Crippen molar-refractivity contribution in [3.63, 3.8) is 0 Å². The SMILES string of the molecule is C=C(C)c1cnc2oc3nc(N)c(C(=O)OCC)cc3c(=O)c2c1.CC(C)c1cnc2oc3nc(N)c(C(=O)O)cc3c(=O)c2c1.CCOC(=O)c1cc2c(=O)c3cc(C(C)C)cnc3oc2nc1N. The molecule has 0 aliphatic heterocycles. The van der Waals surface area contributed by atoms with E-state index in [1.54, 1.807) is 50.6 Å². The Morgan fingerprint density at radius 2 is 0.886 bits per heavy atom. The molecule has 0 aliphatic carbocycles. The summed E-state index contributed by atoms with van der Waals surface area (Å²) in [6.07, 6.45) is 4.87. The third-order valence-electron chi connectivity index (χ3n) is 10.7. The van der Waals surface area contributed by atoms with Gasteiger partial charge in [-0.3, -0.25) is 14.4 Å². The molecule has 0 spiro atoms. The van der Waals surface area contributed by atoms with Gasteiger partial charge in [0, 0.05) is 18.6 Å². The Kier molecular flexibility index (Phi) is 13.7. The van der Waals surface area contributed by atoms with Gasteiger partial charge < -0.3 is 45.0 Å². The number of esters is 2. The van der Waals surface area contributed by atoms with E-state index < -0.39 is 17.9 Å². The summed E-state index contributed by atoms with van der Waals surface area (Å²) in [5.41, 5.74) is 19.8. The number of anilines is 3. The van der Waals surface area contributed by atoms with Crippen LogP contribution in [0.1, 0.15) is 108 Å². The van der Waals surface area contributed by atoms with Gasteiger partial charge in [-0.2, -0.15) is 15.0 Å². The largest absolute Gasteiger partial charge is 0.478 e. The molecule has 358 valence electrons. The van der Waals surface area contributed by atoms with E-state index in [4.69, 9.17) is 45.0 Å². The summed E-state index contributed by atoms with van der Waals surface area (Å²) in [6, 6.07) is 8.99. The molecule has 0 aliphatic rings. The Morgan fingerprint density at radius 3 is 1.23 bits per heavy atom. The van der Waals surface area contributed by atoms with E-state index in [-0.39, 0.29) is 131 Å². The Hall–Kier alpha value is -9.14. The maximum Gasteiger partial charge on any atom is 0.341 e. The molecule has 0 bridgehead atoms. The number of hydrogen-bond acceptors (Lipinski definition) is 20. The van der Waals surface area contributed by atoms with E-state index in [2.05, 4.69) is 36.5 Å². The van der Waals surface area contributed by atoms with Crippen LogP contribution in [0, 0.1) is 0 Å². The highest BCUT2D eigenvalue weighted by atomic mass is 16.5. The van der Waals surface area contributed by atoms with Crippen LogP contribution in [-0.2, 0) is 9.47 Å². The normalized spacial score (nSPS) is 11.2. The molecule has 9 heterocycles. The zero-order chi connectivity index (χ0) is 50.9. The second-order valence-electron chi connectivity index (χ2n) is 16.3. The third-order valence-corrected chi connectivity index (χ3v) is 10.7. The van der Waals surface area contributed by atoms with Crippen molar-refractivity contribution in [1.82, 2.24) is 29.9 Å². The highest BCUT2D eigenvalue weighted by Crippen LogP contribution is 2.26. The van der Waals surface area contributed by atoms with Crippen molar-refractivity contribution in [2.45, 2.75) is 60.3 Å². The molecule has 0 aromatic carbocycles. The van der Waals surface area contributed by atoms with Crippen molar-refractivity contribution in [2.24, 2.45) is 0 Å². The van der Waals surface area contributed by atoms with Gasteiger partial charge in [0.2, 0.25) is 50.6 Å². The van der Waals surface area contributed by atoms with E-state index in [1.807, 2.05) is 34.6 Å². The molecule has 0 radical (unpaired) electrons. The van der Waals surface area contributed by atoms with Gasteiger partial charge in [0.25, 0.3) is 0 Å². The van der Waals surface area contributed by atoms with E-state index in [0.717, 1.165) is 22.3 Å². The fourth-order valence-corrected chi connectivity index (χ4v) is 6.86. The topological polar surface area (TPSA) is 336 Å². The highest BCUT2D eigenvalue weighted by Gasteiger charge is 2.21. The van der Waals surface area contributed by atoms with Crippen LogP contribution < -0.4 is 33.5 Å². The van der Waals surface area contributed by atoms with Gasteiger partial charge in [0.1, 0.15) is 34.1 Å². The van der Waals surface area contributed by atoms with E-state index in [0.29, 0.717) is 10.8 Å². The number of nitrogens with two attached hydrogens (primary N) is 3. The molecule has 70 heavy (non-hydrogen) atoms. The first-order chi connectivity index (χ1) is 33.2. The molecule has 7 N–H and O–H groups in total. The summed E-state index contributed by atoms with van der Waals surface area (Å²) in [4.78, 5) is 97.4. The molecule has 21 heteroatoms. The van der Waals surface area contributed by atoms with Gasteiger partial charge in [0.05, 0.1) is 45.5 Å². The second-order valence-corrected chi connectivity index (χ2v) is 16.3. The molecule has 0 fully saturated rings. The quantitative estimate of drug-likeness (QED) is 0.0857. The number of ether oxygens (including phenoxy) is 2. The zero-order valence-corrected chi connectivity index (χ0v) is 38.8. The van der Waals surface area contributed by atoms with Gasteiger partial charge in [-0.1, -0.05) is 34.3 Å². The number of rotatable bonds is 8. The Morgan fingerprint density at radius 1 is 0.557 bits per heavy atom. The Labute approximate surface area is 395 Å². The number of allylic oxidation sites excluding steroid dienone is 1. The summed E-state index contributed by atoms with van der Waals surface area (Å²) < 4.78 is 26.5. The first kappa shape index (κ1) is 48.8. The number of aromatic carboxylic acids is 1. The molecule has 21 nitrogen and oxygen atoms in total. The molecule has 0 saturated heterocycles. The maximum atomic E-state index is 12.8. The van der Waals surface area contributed by atoms with Gasteiger partial charge in [-0.25, -0.2) is 29.3 Å². The Bertz CT molecular complexity index is 3820. The lowest BCUT2D eigenvalue weighted by atomic mass is 10.0. The number of carbonyl (C=O) groups excluding carboxylic acids is 2. The van der Waals surface area contributed by atoms with Gasteiger partial charge >= 0.3 is 17.9 Å². The summed E-state index contributed by atoms with van der Waals surface area (Å²) in [5, 5.41) is 10.4. The predicted molar refractivity (Wildman–Crippen MR) is 262 cm³/mol. The molecule has 0 amide bonds. The third kappa shape index (κ3) is 9.52. The minimum Gasteiger partial charge on any atom is -0.478 e. The number of nitrogen functional groups attached to an aromatic ring is 3. The van der Waals surface area contributed by atoms with Crippen LogP contribution in [0.2, 0.25) is 0 Å². The van der Waals surface area contributed by atoms with Gasteiger partial charge in [-0.15, -0.1) is 0 Å². The van der Waals surface area contributed by atoms with Crippen LogP contribution in [0.4, 0.5) is 17.5 Å². The summed E-state index contributed by atoms with van der Waals surface area (Å²) in [5.74, 6) is -2.43. The number of carboxylic acids is 1. The molecule has 9 aromatic rings. The van der Waals surface area contributed by atoms with Crippen molar-refractivity contribution in [1.29, 1.82) is 0 Å². The molecular formula is C49H45N9O12. The van der Waals surface area contributed by atoms with Crippen LogP contribution in [0.3, 0.4) is 0 Å². The lowest BCUT2D eigenvalue weighted by molar-refractivity contribution is 0.0517. The monoisotopic (exact) mass is 951 g/mol. The number of carbonyl (C=O) groups is 3. The Balaban J connectivity index is 0.000000155. The summed E-state index contributed by atoms with van der Waals surface area (Å²) in [6.45, 7) is 17.4. The van der Waals surface area contributed by atoms with Gasteiger partial charge in [-0.05, 0) is 91.3 Å². The fraction of sp³-hybridized carbons (Fsp3) is 0.224. The molecule has 0 unspecified atom stereocenters. The van der Waals surface area contributed by atoms with Crippen LogP contribution in [-0.4, -0.2) is 66.1 Å². The molecule has 0 atom stereocenters. The van der Waals surface area contributed by atoms with Crippen LogP contribution >= 0.6 is 0 Å². The fourth-order valence-electron chi connectivity index (χ4n) is 6.86. The molecule has 0 saturated carbocycles.